The Morgan fingerprint density at radius 2 is 1.04 bits per heavy atom. The van der Waals surface area contributed by atoms with E-state index in [-0.39, 0.29) is 46.5 Å². The number of aryl methyl sites for hydroxylation is 1. The summed E-state index contributed by atoms with van der Waals surface area (Å²) in [5.41, 5.74) is 17.9. The molecule has 0 heterocycles. The summed E-state index contributed by atoms with van der Waals surface area (Å²) in [6.45, 7) is 37.0. The molecule has 0 saturated heterocycles. The Kier molecular flexibility index (Phi) is 17.6. The zero-order valence-corrected chi connectivity index (χ0v) is 42.1. The third-order valence-corrected chi connectivity index (χ3v) is 12.0. The number of hydrogen-bond donors (Lipinski definition) is 0. The van der Waals surface area contributed by atoms with Crippen LogP contribution < -0.4 is 24.8 Å². The van der Waals surface area contributed by atoms with Crippen molar-refractivity contribution in [2.75, 3.05) is 0 Å². The van der Waals surface area contributed by atoms with Crippen molar-refractivity contribution in [2.24, 2.45) is 0 Å². The van der Waals surface area contributed by atoms with Gasteiger partial charge in [0.05, 0.1) is 0 Å². The van der Waals surface area contributed by atoms with Gasteiger partial charge in [-0.1, -0.05) is 152 Å². The molecule has 0 aromatic heterocycles. The molecule has 0 aliphatic heterocycles. The van der Waals surface area contributed by atoms with Crippen LogP contribution in [0.1, 0.15) is 173 Å². The third-order valence-electron chi connectivity index (χ3n) is 10.6. The van der Waals surface area contributed by atoms with Crippen LogP contribution in [-0.4, -0.2) is 3.21 Å². The summed E-state index contributed by atoms with van der Waals surface area (Å²) in [6.07, 6.45) is 3.47. The van der Waals surface area contributed by atoms with Crippen molar-refractivity contribution < 1.29 is 49.0 Å². The van der Waals surface area contributed by atoms with E-state index >= 15 is 0 Å². The van der Waals surface area contributed by atoms with Crippen LogP contribution in [0.4, 0.5) is 0 Å². The second kappa shape index (κ2) is 19.7. The molecule has 6 rings (SSSR count). The van der Waals surface area contributed by atoms with E-state index in [1.54, 1.807) is 0 Å². The number of halogens is 2. The molecule has 0 unspecified atom stereocenters. The predicted molar refractivity (Wildman–Crippen MR) is 239 cm³/mol. The molecule has 0 N–H and O–H groups in total. The number of hydrogen-bond acceptors (Lipinski definition) is 0. The van der Waals surface area contributed by atoms with E-state index in [0.717, 1.165) is 6.42 Å². The molecule has 5 aromatic carbocycles. The van der Waals surface area contributed by atoms with Crippen LogP contribution in [0.5, 0.6) is 0 Å². The fourth-order valence-corrected chi connectivity index (χ4v) is 8.22. The van der Waals surface area contributed by atoms with Gasteiger partial charge in [0.2, 0.25) is 0 Å². The van der Waals surface area contributed by atoms with E-state index in [0.29, 0.717) is 5.41 Å². The van der Waals surface area contributed by atoms with Gasteiger partial charge in [-0.25, -0.2) is 6.07 Å². The maximum absolute atomic E-state index is 3.90. The van der Waals surface area contributed by atoms with Crippen LogP contribution in [-0.2, 0) is 64.2 Å². The minimum absolute atomic E-state index is 0. The maximum atomic E-state index is 3.90. The van der Waals surface area contributed by atoms with Crippen LogP contribution in [0.25, 0.3) is 11.1 Å². The molecule has 0 fully saturated rings. The van der Waals surface area contributed by atoms with E-state index in [1.807, 2.05) is 0 Å². The molecular formula is C54H70Cl2Zr-2. The molecule has 5 aromatic rings. The van der Waals surface area contributed by atoms with Crippen LogP contribution in [0, 0.1) is 6.07 Å². The number of fused-ring (bicyclic) bond motifs is 3. The standard InChI is InChI=1S/C29H41.C13H10.C12H19.2ClH.Zr/c1-26(2,3)22-14-18-13-19-15-23(27(4,5)6)25(29(10,11)12)17-21(19)20(18)16-24(22)28(7,8)9;1-3-7-12(8-4-1)11-13-9-5-2-6-10-13;1-5-6-10-7-8-11(9-10)12(2,3)4;;;/h14,16-17H,13H2,1-12H3;1-10H;7-9H,5-6H2,1-4H3;2*1H;/q-1;;-1;;;+2/p-2. The van der Waals surface area contributed by atoms with Crippen molar-refractivity contribution >= 4 is 3.21 Å². The van der Waals surface area contributed by atoms with Crippen LogP contribution >= 0.6 is 0 Å². The molecule has 3 heteroatoms. The summed E-state index contributed by atoms with van der Waals surface area (Å²) in [4.78, 5) is 0. The van der Waals surface area contributed by atoms with Crippen molar-refractivity contribution in [2.45, 2.75) is 157 Å². The van der Waals surface area contributed by atoms with Crippen LogP contribution in [0.3, 0.4) is 0 Å². The summed E-state index contributed by atoms with van der Waals surface area (Å²) < 4.78 is 1.42. The molecule has 0 nitrogen and oxygen atoms in total. The molecule has 1 aliphatic rings. The Bertz CT molecular complexity index is 1920. The van der Waals surface area contributed by atoms with E-state index in [9.17, 15) is 0 Å². The summed E-state index contributed by atoms with van der Waals surface area (Å²) in [7, 11) is 0. The van der Waals surface area contributed by atoms with Crippen molar-refractivity contribution in [3.63, 3.8) is 0 Å². The SMILES string of the molecule is CC(C)(C)c1[c-]c2c(cc1C(C)(C)C)-c1cc(C(C)(C)C)c(C(C)(C)C)cc1C2.CCCc1cc(C(C)(C)C)c[cH-]1.[Cl-].[Cl-].[Zr+2]=[C](c1ccccc1)c1ccccc1. The monoisotopic (exact) mass is 878 g/mol. The van der Waals surface area contributed by atoms with Gasteiger partial charge < -0.3 is 24.8 Å². The Balaban J connectivity index is 0.000000333. The van der Waals surface area contributed by atoms with Crippen molar-refractivity contribution in [1.82, 2.24) is 0 Å². The molecule has 0 saturated carbocycles. The van der Waals surface area contributed by atoms with Crippen molar-refractivity contribution in [3.8, 4) is 11.1 Å². The predicted octanol–water partition coefficient (Wildman–Crippen LogP) is 8.71. The second-order valence-corrected chi connectivity index (χ2v) is 22.0. The van der Waals surface area contributed by atoms with Crippen LogP contribution in [0.2, 0.25) is 0 Å². The Labute approximate surface area is 376 Å². The molecule has 0 bridgehead atoms. The zero-order chi connectivity index (χ0) is 41.1. The van der Waals surface area contributed by atoms with E-state index in [1.165, 1.54) is 107 Å². The first kappa shape index (κ1) is 50.7. The van der Waals surface area contributed by atoms with Gasteiger partial charge in [-0.15, -0.1) is 16.7 Å². The van der Waals surface area contributed by atoms with E-state index in [2.05, 4.69) is 214 Å². The van der Waals surface area contributed by atoms with Crippen molar-refractivity contribution in [3.05, 3.63) is 159 Å². The summed E-state index contributed by atoms with van der Waals surface area (Å²) >= 11 is 1.46. The first-order chi connectivity index (χ1) is 25.3. The average molecular weight is 881 g/mol. The summed E-state index contributed by atoms with van der Waals surface area (Å²) in [5, 5.41) is 0. The van der Waals surface area contributed by atoms with Crippen molar-refractivity contribution in [1.29, 1.82) is 0 Å². The molecule has 306 valence electrons. The molecule has 0 amide bonds. The molecular weight excluding hydrogens is 811 g/mol. The van der Waals surface area contributed by atoms with E-state index < -0.39 is 0 Å². The van der Waals surface area contributed by atoms with Gasteiger partial charge in [0.25, 0.3) is 0 Å². The molecule has 57 heavy (non-hydrogen) atoms. The first-order valence-electron chi connectivity index (χ1n) is 20.6. The van der Waals surface area contributed by atoms with Gasteiger partial charge in [-0.05, 0) is 39.4 Å². The van der Waals surface area contributed by atoms with E-state index in [4.69, 9.17) is 0 Å². The Morgan fingerprint density at radius 3 is 1.44 bits per heavy atom. The van der Waals surface area contributed by atoms with Gasteiger partial charge in [0.15, 0.2) is 0 Å². The van der Waals surface area contributed by atoms with Gasteiger partial charge >= 0.3 is 99.2 Å². The zero-order valence-electron chi connectivity index (χ0n) is 38.1. The topological polar surface area (TPSA) is 0 Å². The Morgan fingerprint density at radius 1 is 0.579 bits per heavy atom. The number of benzene rings is 4. The minimum atomic E-state index is 0. The molecule has 0 atom stereocenters. The van der Waals surface area contributed by atoms with Gasteiger partial charge in [0, 0.05) is 0 Å². The molecule has 0 radical (unpaired) electrons. The van der Waals surface area contributed by atoms with Gasteiger partial charge in [-0.3, -0.25) is 0 Å². The first-order valence-corrected chi connectivity index (χ1v) is 21.8. The average Bonchev–Trinajstić information content (AvgIpc) is 3.71. The fraction of sp³-hybridized carbons (Fsp3) is 0.444. The van der Waals surface area contributed by atoms with Gasteiger partial charge in [-0.2, -0.15) is 41.0 Å². The summed E-state index contributed by atoms with van der Waals surface area (Å²) in [5.74, 6) is 0. The van der Waals surface area contributed by atoms with Gasteiger partial charge in [0.1, 0.15) is 0 Å². The Hall–Kier alpha value is -2.44. The fourth-order valence-electron chi connectivity index (χ4n) is 7.40. The normalized spacial score (nSPS) is 12.5. The summed E-state index contributed by atoms with van der Waals surface area (Å²) in [6, 6.07) is 39.3. The third kappa shape index (κ3) is 13.3. The second-order valence-electron chi connectivity index (χ2n) is 20.8. The molecule has 1 aliphatic carbocycles. The number of rotatable bonds is 4. The van der Waals surface area contributed by atoms with Crippen LogP contribution in [0.15, 0.2) is 97.1 Å². The molecule has 0 spiro atoms. The quantitative estimate of drug-likeness (QED) is 0.156.